The number of pyridine rings is 1. The zero-order chi connectivity index (χ0) is 21.3. The molecular formula is C25H19F4N. The van der Waals surface area contributed by atoms with Gasteiger partial charge in [0, 0.05) is 16.3 Å². The standard InChI is InChI=1S/C25H19F4N/c1-2-5-16-8-10-17(11-9-16)21-14-18(12-13-22(21)25(27,28)29)24-20-7-4-3-6-19(20)23(26)15-30-24/h3-4,6-15H,2,5H2,1H3. The Labute approximate surface area is 172 Å². The topological polar surface area (TPSA) is 12.9 Å². The summed E-state index contributed by atoms with van der Waals surface area (Å²) in [6.45, 7) is 2.05. The van der Waals surface area contributed by atoms with Crippen LogP contribution in [-0.2, 0) is 12.6 Å². The van der Waals surface area contributed by atoms with Crippen molar-refractivity contribution in [3.05, 3.63) is 89.9 Å². The van der Waals surface area contributed by atoms with E-state index in [9.17, 15) is 17.6 Å². The van der Waals surface area contributed by atoms with Gasteiger partial charge in [0.2, 0.25) is 0 Å². The van der Waals surface area contributed by atoms with E-state index in [0.29, 0.717) is 27.6 Å². The van der Waals surface area contributed by atoms with Crippen molar-refractivity contribution < 1.29 is 17.6 Å². The number of aromatic nitrogens is 1. The summed E-state index contributed by atoms with van der Waals surface area (Å²) in [6.07, 6.45) is -1.55. The van der Waals surface area contributed by atoms with E-state index in [0.717, 1.165) is 30.7 Å². The molecule has 0 spiro atoms. The quantitative estimate of drug-likeness (QED) is 0.315. The second-order valence-corrected chi connectivity index (χ2v) is 7.21. The van der Waals surface area contributed by atoms with Crippen molar-refractivity contribution in [2.24, 2.45) is 0 Å². The highest BCUT2D eigenvalue weighted by Crippen LogP contribution is 2.40. The summed E-state index contributed by atoms with van der Waals surface area (Å²) in [7, 11) is 0. The summed E-state index contributed by atoms with van der Waals surface area (Å²) in [5.74, 6) is -0.465. The van der Waals surface area contributed by atoms with Crippen LogP contribution in [0, 0.1) is 5.82 Å². The molecule has 0 atom stereocenters. The molecule has 152 valence electrons. The summed E-state index contributed by atoms with van der Waals surface area (Å²) in [5, 5.41) is 0.939. The van der Waals surface area contributed by atoms with Gasteiger partial charge in [-0.25, -0.2) is 4.39 Å². The average molecular weight is 409 g/mol. The third-order valence-corrected chi connectivity index (χ3v) is 5.15. The summed E-state index contributed by atoms with van der Waals surface area (Å²) in [4.78, 5) is 4.19. The van der Waals surface area contributed by atoms with Gasteiger partial charge in [-0.1, -0.05) is 67.9 Å². The van der Waals surface area contributed by atoms with Gasteiger partial charge in [0.05, 0.1) is 17.5 Å². The number of hydrogen-bond acceptors (Lipinski definition) is 1. The fourth-order valence-corrected chi connectivity index (χ4v) is 3.71. The number of fused-ring (bicyclic) bond motifs is 1. The Morgan fingerprint density at radius 3 is 2.17 bits per heavy atom. The van der Waals surface area contributed by atoms with Crippen LogP contribution < -0.4 is 0 Å². The lowest BCUT2D eigenvalue weighted by Gasteiger charge is -2.16. The van der Waals surface area contributed by atoms with Crippen molar-refractivity contribution in [1.29, 1.82) is 0 Å². The van der Waals surface area contributed by atoms with E-state index in [-0.39, 0.29) is 5.56 Å². The number of benzene rings is 3. The van der Waals surface area contributed by atoms with Crippen LogP contribution in [0.2, 0.25) is 0 Å². The van der Waals surface area contributed by atoms with Gasteiger partial charge in [-0.2, -0.15) is 13.2 Å². The molecule has 0 amide bonds. The molecule has 0 saturated heterocycles. The van der Waals surface area contributed by atoms with Gasteiger partial charge in [-0.3, -0.25) is 4.98 Å². The molecule has 5 heteroatoms. The zero-order valence-corrected chi connectivity index (χ0v) is 16.3. The SMILES string of the molecule is CCCc1ccc(-c2cc(-c3ncc(F)c4ccccc34)ccc2C(F)(F)F)cc1. The number of aryl methyl sites for hydroxylation is 1. The lowest BCUT2D eigenvalue weighted by Crippen LogP contribution is -2.07. The van der Waals surface area contributed by atoms with Gasteiger partial charge in [0.25, 0.3) is 0 Å². The van der Waals surface area contributed by atoms with Crippen molar-refractivity contribution in [3.8, 4) is 22.4 Å². The first-order chi connectivity index (χ1) is 14.4. The molecule has 0 aliphatic carbocycles. The molecule has 0 aliphatic heterocycles. The molecule has 0 radical (unpaired) electrons. The van der Waals surface area contributed by atoms with E-state index in [1.54, 1.807) is 36.4 Å². The fourth-order valence-electron chi connectivity index (χ4n) is 3.71. The highest BCUT2D eigenvalue weighted by atomic mass is 19.4. The predicted octanol–water partition coefficient (Wildman–Crippen LogP) is 7.68. The molecule has 1 nitrogen and oxygen atoms in total. The van der Waals surface area contributed by atoms with Crippen LogP contribution in [0.15, 0.2) is 72.9 Å². The van der Waals surface area contributed by atoms with E-state index in [1.165, 1.54) is 12.1 Å². The summed E-state index contributed by atoms with van der Waals surface area (Å²) >= 11 is 0. The smallest absolute Gasteiger partial charge is 0.253 e. The van der Waals surface area contributed by atoms with Crippen molar-refractivity contribution in [2.45, 2.75) is 25.9 Å². The normalized spacial score (nSPS) is 11.8. The summed E-state index contributed by atoms with van der Waals surface area (Å²) < 4.78 is 55.3. The first-order valence-electron chi connectivity index (χ1n) is 9.72. The van der Waals surface area contributed by atoms with E-state index in [2.05, 4.69) is 11.9 Å². The van der Waals surface area contributed by atoms with Gasteiger partial charge >= 0.3 is 6.18 Å². The molecule has 0 unspecified atom stereocenters. The number of rotatable bonds is 4. The molecule has 0 bridgehead atoms. The van der Waals surface area contributed by atoms with Crippen LogP contribution in [0.4, 0.5) is 17.6 Å². The average Bonchev–Trinajstić information content (AvgIpc) is 2.74. The Bertz CT molecular complexity index is 1190. The van der Waals surface area contributed by atoms with Crippen LogP contribution in [0.5, 0.6) is 0 Å². The van der Waals surface area contributed by atoms with Crippen molar-refractivity contribution in [3.63, 3.8) is 0 Å². The minimum atomic E-state index is -4.49. The molecule has 4 aromatic rings. The Balaban J connectivity index is 1.90. The van der Waals surface area contributed by atoms with Gasteiger partial charge in [0.1, 0.15) is 5.82 Å². The number of nitrogens with zero attached hydrogens (tertiary/aromatic N) is 1. The maximum absolute atomic E-state index is 14.1. The number of hydrogen-bond donors (Lipinski definition) is 0. The molecule has 1 heterocycles. The second-order valence-electron chi connectivity index (χ2n) is 7.21. The summed E-state index contributed by atoms with van der Waals surface area (Å²) in [6, 6.07) is 17.9. The van der Waals surface area contributed by atoms with Crippen LogP contribution in [0.1, 0.15) is 24.5 Å². The van der Waals surface area contributed by atoms with Crippen molar-refractivity contribution >= 4 is 10.8 Å². The fraction of sp³-hybridized carbons (Fsp3) is 0.160. The third kappa shape index (κ3) is 3.80. The van der Waals surface area contributed by atoms with Gasteiger partial charge < -0.3 is 0 Å². The Morgan fingerprint density at radius 1 is 0.833 bits per heavy atom. The van der Waals surface area contributed by atoms with E-state index in [1.807, 2.05) is 12.1 Å². The molecule has 4 rings (SSSR count). The van der Waals surface area contributed by atoms with Crippen LogP contribution in [0.25, 0.3) is 33.2 Å². The largest absolute Gasteiger partial charge is 0.417 e. The van der Waals surface area contributed by atoms with E-state index in [4.69, 9.17) is 0 Å². The maximum Gasteiger partial charge on any atom is 0.417 e. The lowest BCUT2D eigenvalue weighted by molar-refractivity contribution is -0.137. The Kier molecular flexibility index (Phi) is 5.29. The minimum Gasteiger partial charge on any atom is -0.253 e. The van der Waals surface area contributed by atoms with Crippen LogP contribution >= 0.6 is 0 Å². The predicted molar refractivity (Wildman–Crippen MR) is 112 cm³/mol. The van der Waals surface area contributed by atoms with Crippen molar-refractivity contribution in [2.75, 3.05) is 0 Å². The molecule has 30 heavy (non-hydrogen) atoms. The maximum atomic E-state index is 14.1. The first-order valence-corrected chi connectivity index (χ1v) is 9.72. The molecule has 0 saturated carbocycles. The van der Waals surface area contributed by atoms with Gasteiger partial charge in [0.15, 0.2) is 0 Å². The van der Waals surface area contributed by atoms with E-state index < -0.39 is 17.6 Å². The minimum absolute atomic E-state index is 0.0817. The van der Waals surface area contributed by atoms with Crippen molar-refractivity contribution in [1.82, 2.24) is 4.98 Å². The Morgan fingerprint density at radius 2 is 1.50 bits per heavy atom. The monoisotopic (exact) mass is 409 g/mol. The van der Waals surface area contributed by atoms with Crippen LogP contribution in [0.3, 0.4) is 0 Å². The molecule has 1 aromatic heterocycles. The highest BCUT2D eigenvalue weighted by Gasteiger charge is 2.34. The number of alkyl halides is 3. The van der Waals surface area contributed by atoms with Gasteiger partial charge in [-0.05, 0) is 35.2 Å². The molecule has 0 fully saturated rings. The Hall–Kier alpha value is -3.21. The molecule has 3 aromatic carbocycles. The van der Waals surface area contributed by atoms with Gasteiger partial charge in [-0.15, -0.1) is 0 Å². The number of halogens is 4. The molecular weight excluding hydrogens is 390 g/mol. The van der Waals surface area contributed by atoms with E-state index >= 15 is 0 Å². The summed E-state index contributed by atoms with van der Waals surface area (Å²) in [5.41, 5.74) is 1.89. The molecule has 0 aliphatic rings. The first kappa shape index (κ1) is 20.1. The lowest BCUT2D eigenvalue weighted by atomic mass is 9.93. The third-order valence-electron chi connectivity index (χ3n) is 5.15. The van der Waals surface area contributed by atoms with Crippen LogP contribution in [-0.4, -0.2) is 4.98 Å². The highest BCUT2D eigenvalue weighted by molar-refractivity contribution is 5.95. The molecule has 0 N–H and O–H groups in total. The second kappa shape index (κ2) is 7.90. The zero-order valence-electron chi connectivity index (χ0n) is 16.3.